The molecule has 1 saturated heterocycles. The molecule has 1 fully saturated rings. The predicted octanol–water partition coefficient (Wildman–Crippen LogP) is 2.69. The molecule has 3 heteroatoms. The van der Waals surface area contributed by atoms with Crippen molar-refractivity contribution in [2.75, 3.05) is 31.9 Å². The molecule has 0 amide bonds. The van der Waals surface area contributed by atoms with Crippen molar-refractivity contribution < 1.29 is 0 Å². The number of thioether (sulfide) groups is 1. The van der Waals surface area contributed by atoms with E-state index in [0.717, 1.165) is 13.1 Å². The van der Waals surface area contributed by atoms with Gasteiger partial charge in [0.2, 0.25) is 0 Å². The summed E-state index contributed by atoms with van der Waals surface area (Å²) in [5.74, 6) is 1.18. The third kappa shape index (κ3) is 3.74. The molecule has 1 atom stereocenters. The highest BCUT2D eigenvalue weighted by Gasteiger charge is 2.16. The second-order valence-corrected chi connectivity index (χ2v) is 6.28. The van der Waals surface area contributed by atoms with Crippen molar-refractivity contribution in [3.63, 3.8) is 0 Å². The molecule has 2 rings (SSSR count). The van der Waals surface area contributed by atoms with Gasteiger partial charge in [0, 0.05) is 42.9 Å². The van der Waals surface area contributed by atoms with Crippen molar-refractivity contribution in [3.05, 3.63) is 29.3 Å². The minimum Gasteiger partial charge on any atom is -0.314 e. The summed E-state index contributed by atoms with van der Waals surface area (Å²) < 4.78 is 0. The fourth-order valence-electron chi connectivity index (χ4n) is 2.40. The lowest BCUT2D eigenvalue weighted by atomic mass is 10.2. The van der Waals surface area contributed by atoms with E-state index in [1.165, 1.54) is 34.9 Å². The first-order valence-corrected chi connectivity index (χ1v) is 7.80. The van der Waals surface area contributed by atoms with Gasteiger partial charge in [-0.3, -0.25) is 4.90 Å². The zero-order chi connectivity index (χ0) is 13.0. The van der Waals surface area contributed by atoms with Gasteiger partial charge in [-0.05, 0) is 32.4 Å². The van der Waals surface area contributed by atoms with Crippen LogP contribution in [0.15, 0.2) is 23.1 Å². The lowest BCUT2D eigenvalue weighted by Crippen LogP contribution is -2.48. The molecule has 0 aromatic heterocycles. The maximum Gasteiger partial charge on any atom is 0.0162 e. The number of nitrogens with one attached hydrogen (secondary N) is 1. The zero-order valence-electron chi connectivity index (χ0n) is 11.7. The largest absolute Gasteiger partial charge is 0.314 e. The van der Waals surface area contributed by atoms with Crippen LogP contribution in [0, 0.1) is 13.8 Å². The summed E-state index contributed by atoms with van der Waals surface area (Å²) in [7, 11) is 0. The van der Waals surface area contributed by atoms with Crippen LogP contribution in [0.3, 0.4) is 0 Å². The third-order valence-electron chi connectivity index (χ3n) is 3.59. The van der Waals surface area contributed by atoms with Crippen LogP contribution in [0.4, 0.5) is 0 Å². The van der Waals surface area contributed by atoms with Gasteiger partial charge in [-0.1, -0.05) is 17.7 Å². The summed E-state index contributed by atoms with van der Waals surface area (Å²) in [6, 6.07) is 7.42. The Morgan fingerprint density at radius 3 is 2.67 bits per heavy atom. The normalized spacial score (nSPS) is 18.8. The van der Waals surface area contributed by atoms with Crippen LogP contribution in [0.2, 0.25) is 0 Å². The second kappa shape index (κ2) is 6.60. The van der Waals surface area contributed by atoms with E-state index in [1.807, 2.05) is 11.8 Å². The molecule has 0 bridgehead atoms. The monoisotopic (exact) mass is 264 g/mol. The van der Waals surface area contributed by atoms with E-state index in [2.05, 4.69) is 49.2 Å². The fraction of sp³-hybridized carbons (Fsp3) is 0.600. The number of rotatable bonds is 4. The molecule has 18 heavy (non-hydrogen) atoms. The first-order chi connectivity index (χ1) is 8.66. The molecule has 1 unspecified atom stereocenters. The van der Waals surface area contributed by atoms with Gasteiger partial charge in [0.25, 0.3) is 0 Å². The molecule has 1 aliphatic rings. The molecule has 1 N–H and O–H groups in total. The highest BCUT2D eigenvalue weighted by Crippen LogP contribution is 2.24. The highest BCUT2D eigenvalue weighted by atomic mass is 32.2. The van der Waals surface area contributed by atoms with E-state index in [9.17, 15) is 0 Å². The number of aryl methyl sites for hydroxylation is 2. The smallest absolute Gasteiger partial charge is 0.0162 e. The van der Waals surface area contributed by atoms with Crippen LogP contribution in [0.25, 0.3) is 0 Å². The zero-order valence-corrected chi connectivity index (χ0v) is 12.5. The van der Waals surface area contributed by atoms with E-state index in [1.54, 1.807) is 0 Å². The molecule has 1 aromatic rings. The Labute approximate surface area is 115 Å². The quantitative estimate of drug-likeness (QED) is 0.842. The molecule has 0 spiro atoms. The van der Waals surface area contributed by atoms with E-state index >= 15 is 0 Å². The highest BCUT2D eigenvalue weighted by molar-refractivity contribution is 7.99. The first-order valence-electron chi connectivity index (χ1n) is 6.81. The summed E-state index contributed by atoms with van der Waals surface area (Å²) in [4.78, 5) is 4.02. The maximum absolute atomic E-state index is 3.41. The molecule has 0 radical (unpaired) electrons. The Morgan fingerprint density at radius 1 is 1.28 bits per heavy atom. The number of benzene rings is 1. The van der Waals surface area contributed by atoms with Crippen molar-refractivity contribution in [3.8, 4) is 0 Å². The molecular weight excluding hydrogens is 240 g/mol. The van der Waals surface area contributed by atoms with Gasteiger partial charge in [-0.2, -0.15) is 0 Å². The fourth-order valence-corrected chi connectivity index (χ4v) is 3.48. The molecule has 1 aromatic carbocycles. The number of piperazine rings is 1. The molecule has 0 aliphatic carbocycles. The van der Waals surface area contributed by atoms with Crippen LogP contribution in [-0.4, -0.2) is 42.9 Å². The lowest BCUT2D eigenvalue weighted by molar-refractivity contribution is 0.198. The Hall–Kier alpha value is -0.510. The van der Waals surface area contributed by atoms with Gasteiger partial charge in [0.05, 0.1) is 0 Å². The average Bonchev–Trinajstić information content (AvgIpc) is 2.38. The Bertz CT molecular complexity index is 386. The van der Waals surface area contributed by atoms with Crippen molar-refractivity contribution in [2.24, 2.45) is 0 Å². The van der Waals surface area contributed by atoms with Crippen molar-refractivity contribution in [1.82, 2.24) is 10.2 Å². The number of nitrogens with zero attached hydrogens (tertiary/aromatic N) is 1. The molecule has 1 heterocycles. The summed E-state index contributed by atoms with van der Waals surface area (Å²) in [5.41, 5.74) is 2.76. The molecule has 2 nitrogen and oxygen atoms in total. The minimum atomic E-state index is 0.665. The van der Waals surface area contributed by atoms with Gasteiger partial charge in [0.1, 0.15) is 0 Å². The summed E-state index contributed by atoms with van der Waals surface area (Å²) in [6.45, 7) is 11.4. The topological polar surface area (TPSA) is 15.3 Å². The maximum atomic E-state index is 3.41. The third-order valence-corrected chi connectivity index (χ3v) is 5.00. The van der Waals surface area contributed by atoms with Gasteiger partial charge < -0.3 is 5.32 Å². The van der Waals surface area contributed by atoms with Gasteiger partial charge in [-0.15, -0.1) is 11.8 Å². The number of hydrogen-bond donors (Lipinski definition) is 1. The second-order valence-electron chi connectivity index (χ2n) is 5.21. The molecular formula is C15H24N2S. The summed E-state index contributed by atoms with van der Waals surface area (Å²) in [6.07, 6.45) is 0. The molecule has 100 valence electrons. The van der Waals surface area contributed by atoms with E-state index in [4.69, 9.17) is 0 Å². The lowest BCUT2D eigenvalue weighted by Gasteiger charge is -2.32. The van der Waals surface area contributed by atoms with Crippen LogP contribution in [0.5, 0.6) is 0 Å². The SMILES string of the molecule is Cc1ccc(SCC(C)N2CCNCC2)c(C)c1. The first kappa shape index (κ1) is 13.9. The average molecular weight is 264 g/mol. The number of hydrogen-bond acceptors (Lipinski definition) is 3. The Balaban J connectivity index is 1.86. The van der Waals surface area contributed by atoms with Gasteiger partial charge >= 0.3 is 0 Å². The predicted molar refractivity (Wildman–Crippen MR) is 80.5 cm³/mol. The van der Waals surface area contributed by atoms with Gasteiger partial charge in [0.15, 0.2) is 0 Å². The van der Waals surface area contributed by atoms with Crippen LogP contribution in [-0.2, 0) is 0 Å². The minimum absolute atomic E-state index is 0.665. The molecule has 0 saturated carbocycles. The van der Waals surface area contributed by atoms with Gasteiger partial charge in [-0.25, -0.2) is 0 Å². The Kier molecular flexibility index (Phi) is 5.10. The van der Waals surface area contributed by atoms with Crippen molar-refractivity contribution in [2.45, 2.75) is 31.7 Å². The standard InChI is InChI=1S/C15H24N2S/c1-12-4-5-15(13(2)10-12)18-11-14(3)17-8-6-16-7-9-17/h4-5,10,14,16H,6-9,11H2,1-3H3. The van der Waals surface area contributed by atoms with Crippen LogP contribution < -0.4 is 5.32 Å². The Morgan fingerprint density at radius 2 is 2.00 bits per heavy atom. The van der Waals surface area contributed by atoms with Crippen LogP contribution >= 0.6 is 11.8 Å². The van der Waals surface area contributed by atoms with Crippen molar-refractivity contribution in [1.29, 1.82) is 0 Å². The summed E-state index contributed by atoms with van der Waals surface area (Å²) in [5, 5.41) is 3.41. The molecule has 1 aliphatic heterocycles. The van der Waals surface area contributed by atoms with E-state index < -0.39 is 0 Å². The van der Waals surface area contributed by atoms with Crippen LogP contribution in [0.1, 0.15) is 18.1 Å². The van der Waals surface area contributed by atoms with E-state index in [0.29, 0.717) is 6.04 Å². The van der Waals surface area contributed by atoms with E-state index in [-0.39, 0.29) is 0 Å². The summed E-state index contributed by atoms with van der Waals surface area (Å²) >= 11 is 2.00. The van der Waals surface area contributed by atoms with Crippen molar-refractivity contribution >= 4 is 11.8 Å².